The molecule has 1 fully saturated rings. The number of hydrogen-bond donors (Lipinski definition) is 1. The zero-order valence-electron chi connectivity index (χ0n) is 13.3. The van der Waals surface area contributed by atoms with Crippen molar-refractivity contribution in [1.82, 2.24) is 10.3 Å². The van der Waals surface area contributed by atoms with Gasteiger partial charge in [-0.1, -0.05) is 24.1 Å². The molecule has 0 radical (unpaired) electrons. The Kier molecular flexibility index (Phi) is 4.63. The van der Waals surface area contributed by atoms with Crippen LogP contribution in [-0.2, 0) is 4.79 Å². The van der Waals surface area contributed by atoms with E-state index in [1.165, 1.54) is 4.88 Å². The van der Waals surface area contributed by atoms with E-state index < -0.39 is 0 Å². The summed E-state index contributed by atoms with van der Waals surface area (Å²) >= 11 is 1.69. The van der Waals surface area contributed by atoms with Crippen molar-refractivity contribution < 1.29 is 4.79 Å². The van der Waals surface area contributed by atoms with E-state index in [0.29, 0.717) is 0 Å². The number of nitrogens with one attached hydrogen (secondary N) is 1. The van der Waals surface area contributed by atoms with Gasteiger partial charge in [-0.25, -0.2) is 4.98 Å². The summed E-state index contributed by atoms with van der Waals surface area (Å²) in [6.07, 6.45) is 2.82. The molecule has 5 heteroatoms. The lowest BCUT2D eigenvalue weighted by atomic mass is 10.1. The van der Waals surface area contributed by atoms with Crippen LogP contribution in [0.25, 0.3) is 0 Å². The summed E-state index contributed by atoms with van der Waals surface area (Å²) in [6, 6.07) is 7.95. The lowest BCUT2D eigenvalue weighted by molar-refractivity contribution is -0.116. The largest absolute Gasteiger partial charge is 0.346 e. The molecule has 3 rings (SSSR count). The fourth-order valence-electron chi connectivity index (χ4n) is 2.60. The van der Waals surface area contributed by atoms with Gasteiger partial charge in [0.25, 0.3) is 5.91 Å². The fraction of sp³-hybridized carbons (Fsp3) is 0.333. The van der Waals surface area contributed by atoms with Crippen molar-refractivity contribution in [1.29, 1.82) is 0 Å². The molecule has 1 amide bonds. The van der Waals surface area contributed by atoms with Crippen LogP contribution in [0.4, 0.5) is 5.13 Å². The van der Waals surface area contributed by atoms with Gasteiger partial charge in [0.1, 0.15) is 0 Å². The summed E-state index contributed by atoms with van der Waals surface area (Å²) in [4.78, 5) is 19.8. The molecule has 1 aromatic heterocycles. The predicted molar refractivity (Wildman–Crippen MR) is 93.7 cm³/mol. The zero-order chi connectivity index (χ0) is 16.2. The maximum atomic E-state index is 12.0. The minimum absolute atomic E-state index is 0.137. The summed E-state index contributed by atoms with van der Waals surface area (Å²) in [6.45, 7) is 5.76. The Bertz CT molecular complexity index is 772. The number of rotatable bonds is 2. The van der Waals surface area contributed by atoms with E-state index in [1.54, 1.807) is 11.3 Å². The molecule has 1 aromatic carbocycles. The number of benzene rings is 1. The van der Waals surface area contributed by atoms with Gasteiger partial charge in [-0.15, -0.1) is 11.3 Å². The third-order valence-corrected chi connectivity index (χ3v) is 4.83. The Labute approximate surface area is 140 Å². The lowest BCUT2D eigenvalue weighted by Gasteiger charge is -2.14. The second kappa shape index (κ2) is 6.84. The van der Waals surface area contributed by atoms with Gasteiger partial charge in [0.2, 0.25) is 0 Å². The number of carbonyl (C=O) groups is 1. The number of anilines is 1. The average molecular weight is 325 g/mol. The van der Waals surface area contributed by atoms with Gasteiger partial charge in [-0.3, -0.25) is 4.79 Å². The van der Waals surface area contributed by atoms with Crippen LogP contribution in [0.5, 0.6) is 0 Å². The standard InChI is InChI=1S/C18H19N3OS/c1-13-5-3-4-6-15(13)7-8-17(22)20-16-9-10-21(12-16)18-19-11-14(2)23-18/h3-6,11,16H,9-10,12H2,1-2H3,(H,20,22). The van der Waals surface area contributed by atoms with Crippen molar-refractivity contribution in [3.8, 4) is 11.8 Å². The lowest BCUT2D eigenvalue weighted by Crippen LogP contribution is -2.36. The van der Waals surface area contributed by atoms with Gasteiger partial charge in [0.15, 0.2) is 5.13 Å². The fourth-order valence-corrected chi connectivity index (χ4v) is 3.39. The number of amides is 1. The molecular weight excluding hydrogens is 306 g/mol. The molecular formula is C18H19N3OS. The molecule has 1 aliphatic heterocycles. The van der Waals surface area contributed by atoms with E-state index >= 15 is 0 Å². The average Bonchev–Trinajstić information content (AvgIpc) is 3.15. The van der Waals surface area contributed by atoms with E-state index in [1.807, 2.05) is 37.4 Å². The molecule has 1 N–H and O–H groups in total. The molecule has 0 spiro atoms. The van der Waals surface area contributed by atoms with Gasteiger partial charge in [-0.2, -0.15) is 0 Å². The Hall–Kier alpha value is -2.32. The molecule has 2 heterocycles. The first-order valence-electron chi connectivity index (χ1n) is 7.67. The van der Waals surface area contributed by atoms with Gasteiger partial charge in [-0.05, 0) is 31.9 Å². The molecule has 0 saturated carbocycles. The Balaban J connectivity index is 1.56. The molecule has 23 heavy (non-hydrogen) atoms. The summed E-state index contributed by atoms with van der Waals surface area (Å²) in [5.41, 5.74) is 1.98. The first-order chi connectivity index (χ1) is 11.1. The van der Waals surface area contributed by atoms with Gasteiger partial charge in [0, 0.05) is 41.7 Å². The Morgan fingerprint density at radius 1 is 1.39 bits per heavy atom. The van der Waals surface area contributed by atoms with Crippen molar-refractivity contribution >= 4 is 22.4 Å². The van der Waals surface area contributed by atoms with E-state index in [-0.39, 0.29) is 11.9 Å². The minimum Gasteiger partial charge on any atom is -0.346 e. The summed E-state index contributed by atoms with van der Waals surface area (Å²) in [5.74, 6) is 5.43. The Morgan fingerprint density at radius 3 is 2.96 bits per heavy atom. The predicted octanol–water partition coefficient (Wildman–Crippen LogP) is 2.51. The van der Waals surface area contributed by atoms with Gasteiger partial charge >= 0.3 is 0 Å². The first-order valence-corrected chi connectivity index (χ1v) is 8.49. The van der Waals surface area contributed by atoms with Gasteiger partial charge < -0.3 is 10.2 Å². The van der Waals surface area contributed by atoms with Crippen LogP contribution >= 0.6 is 11.3 Å². The summed E-state index contributed by atoms with van der Waals surface area (Å²) in [7, 11) is 0. The van der Waals surface area contributed by atoms with E-state index in [9.17, 15) is 4.79 Å². The second-order valence-electron chi connectivity index (χ2n) is 5.72. The van der Waals surface area contributed by atoms with Crippen LogP contribution in [0.2, 0.25) is 0 Å². The van der Waals surface area contributed by atoms with Crippen LogP contribution in [0.1, 0.15) is 22.4 Å². The maximum Gasteiger partial charge on any atom is 0.296 e. The number of hydrogen-bond acceptors (Lipinski definition) is 4. The zero-order valence-corrected chi connectivity index (χ0v) is 14.1. The number of carbonyl (C=O) groups excluding carboxylic acids is 1. The Morgan fingerprint density at radius 2 is 2.22 bits per heavy atom. The first kappa shape index (κ1) is 15.6. The third kappa shape index (κ3) is 3.91. The highest BCUT2D eigenvalue weighted by atomic mass is 32.1. The normalized spacial score (nSPS) is 16.8. The number of aromatic nitrogens is 1. The van der Waals surface area contributed by atoms with Crippen molar-refractivity contribution in [2.24, 2.45) is 0 Å². The molecule has 2 aromatic rings. The van der Waals surface area contributed by atoms with E-state index in [4.69, 9.17) is 0 Å². The summed E-state index contributed by atoms with van der Waals surface area (Å²) < 4.78 is 0. The molecule has 1 atom stereocenters. The SMILES string of the molecule is Cc1cnc(N2CCC(NC(=O)C#Cc3ccccc3C)C2)s1. The number of nitrogens with zero attached hydrogens (tertiary/aromatic N) is 2. The maximum absolute atomic E-state index is 12.0. The topological polar surface area (TPSA) is 45.2 Å². The van der Waals surface area contributed by atoms with Gasteiger partial charge in [0.05, 0.1) is 0 Å². The van der Waals surface area contributed by atoms with Crippen LogP contribution in [0.3, 0.4) is 0 Å². The molecule has 1 saturated heterocycles. The highest BCUT2D eigenvalue weighted by Gasteiger charge is 2.25. The van der Waals surface area contributed by atoms with Crippen LogP contribution in [0.15, 0.2) is 30.5 Å². The molecule has 118 valence electrons. The molecule has 1 aliphatic rings. The molecule has 4 nitrogen and oxygen atoms in total. The van der Waals surface area contributed by atoms with Crippen LogP contribution < -0.4 is 10.2 Å². The minimum atomic E-state index is -0.213. The van der Waals surface area contributed by atoms with Crippen molar-refractivity contribution in [2.75, 3.05) is 18.0 Å². The highest BCUT2D eigenvalue weighted by Crippen LogP contribution is 2.25. The van der Waals surface area contributed by atoms with E-state index in [0.717, 1.165) is 35.8 Å². The second-order valence-corrected chi connectivity index (χ2v) is 6.94. The highest BCUT2D eigenvalue weighted by molar-refractivity contribution is 7.15. The van der Waals surface area contributed by atoms with Crippen LogP contribution in [0, 0.1) is 25.7 Å². The molecule has 1 unspecified atom stereocenters. The smallest absolute Gasteiger partial charge is 0.296 e. The van der Waals surface area contributed by atoms with Crippen LogP contribution in [-0.4, -0.2) is 30.0 Å². The van der Waals surface area contributed by atoms with E-state index in [2.05, 4.69) is 34.0 Å². The number of thiazole rings is 1. The number of aryl methyl sites for hydroxylation is 2. The summed E-state index contributed by atoms with van der Waals surface area (Å²) in [5, 5.41) is 4.03. The third-order valence-electron chi connectivity index (χ3n) is 3.86. The quantitative estimate of drug-likeness (QED) is 0.863. The van der Waals surface area contributed by atoms with Crippen molar-refractivity contribution in [3.63, 3.8) is 0 Å². The monoisotopic (exact) mass is 325 g/mol. The molecule has 0 aliphatic carbocycles. The molecule has 0 bridgehead atoms. The van der Waals surface area contributed by atoms with Crippen molar-refractivity contribution in [2.45, 2.75) is 26.3 Å². The van der Waals surface area contributed by atoms with Crippen molar-refractivity contribution in [3.05, 3.63) is 46.5 Å².